The maximum Gasteiger partial charge on any atom is 0.333 e. The number of ether oxygens (including phenoxy) is 1. The van der Waals surface area contributed by atoms with Gasteiger partial charge in [0.05, 0.1) is 11.1 Å². The smallest absolute Gasteiger partial charge is 0.333 e. The van der Waals surface area contributed by atoms with Crippen molar-refractivity contribution < 1.29 is 23.8 Å². The maximum atomic E-state index is 14.0. The summed E-state index contributed by atoms with van der Waals surface area (Å²) in [6, 6.07) is 11.8. The number of unbranched alkanes of at least 4 members (excludes halogenated alkanes) is 7. The summed E-state index contributed by atoms with van der Waals surface area (Å²) in [6.07, 6.45) is 9.30. The van der Waals surface area contributed by atoms with E-state index in [1.54, 1.807) is 24.3 Å². The van der Waals surface area contributed by atoms with E-state index in [0.29, 0.717) is 12.3 Å². The van der Waals surface area contributed by atoms with Gasteiger partial charge in [-0.2, -0.15) is 0 Å². The number of nitrogens with zero attached hydrogens (tertiary/aromatic N) is 1. The first kappa shape index (κ1) is 25.4. The SMILES string of the molecule is CCCCCCCCCCOCC(=O)c1c(O)n(C(=O)Nc2ccccc2)c2ccc(F)cc12. The van der Waals surface area contributed by atoms with Gasteiger partial charge in [0.1, 0.15) is 12.4 Å². The monoisotopic (exact) mass is 468 g/mol. The van der Waals surface area contributed by atoms with Gasteiger partial charge in [0.25, 0.3) is 0 Å². The lowest BCUT2D eigenvalue weighted by Gasteiger charge is -2.08. The lowest BCUT2D eigenvalue weighted by atomic mass is 10.1. The summed E-state index contributed by atoms with van der Waals surface area (Å²) >= 11 is 0. The zero-order valence-corrected chi connectivity index (χ0v) is 19.7. The Balaban J connectivity index is 1.63. The number of hydrogen-bond donors (Lipinski definition) is 2. The Labute approximate surface area is 199 Å². The molecule has 7 heteroatoms. The molecule has 3 rings (SSSR count). The summed E-state index contributed by atoms with van der Waals surface area (Å²) < 4.78 is 20.5. The van der Waals surface area contributed by atoms with Crippen molar-refractivity contribution in [3.63, 3.8) is 0 Å². The molecule has 1 aromatic heterocycles. The van der Waals surface area contributed by atoms with Crippen molar-refractivity contribution in [2.75, 3.05) is 18.5 Å². The summed E-state index contributed by atoms with van der Waals surface area (Å²) in [7, 11) is 0. The molecule has 6 nitrogen and oxygen atoms in total. The number of halogens is 1. The lowest BCUT2D eigenvalue weighted by molar-refractivity contribution is 0.0751. The summed E-state index contributed by atoms with van der Waals surface area (Å²) in [4.78, 5) is 25.7. The van der Waals surface area contributed by atoms with Crippen LogP contribution in [0.5, 0.6) is 5.88 Å². The molecule has 0 atom stereocenters. The number of para-hydroxylation sites is 1. The number of Topliss-reactive ketones (excluding diaryl/α,β-unsaturated/α-hetero) is 1. The number of fused-ring (bicyclic) bond motifs is 1. The molecule has 1 amide bonds. The van der Waals surface area contributed by atoms with E-state index >= 15 is 0 Å². The topological polar surface area (TPSA) is 80.6 Å². The van der Waals surface area contributed by atoms with Crippen LogP contribution in [0, 0.1) is 5.82 Å². The molecular weight excluding hydrogens is 435 g/mol. The van der Waals surface area contributed by atoms with Gasteiger partial charge in [0.2, 0.25) is 5.88 Å². The van der Waals surface area contributed by atoms with Crippen molar-refractivity contribution in [2.24, 2.45) is 0 Å². The van der Waals surface area contributed by atoms with E-state index in [1.165, 1.54) is 44.2 Å². The number of anilines is 1. The molecule has 0 saturated carbocycles. The Bertz CT molecular complexity index is 1090. The minimum Gasteiger partial charge on any atom is -0.494 e. The van der Waals surface area contributed by atoms with Crippen LogP contribution in [0.3, 0.4) is 0 Å². The van der Waals surface area contributed by atoms with Gasteiger partial charge in [-0.05, 0) is 36.8 Å². The van der Waals surface area contributed by atoms with Crippen molar-refractivity contribution in [1.29, 1.82) is 0 Å². The third-order valence-electron chi connectivity index (χ3n) is 5.79. The van der Waals surface area contributed by atoms with Crippen LogP contribution in [0.1, 0.15) is 68.6 Å². The Hall–Kier alpha value is -3.19. The molecule has 182 valence electrons. The number of benzene rings is 2. The molecule has 2 N–H and O–H groups in total. The van der Waals surface area contributed by atoms with E-state index in [1.807, 2.05) is 6.07 Å². The molecule has 34 heavy (non-hydrogen) atoms. The van der Waals surface area contributed by atoms with E-state index in [9.17, 15) is 19.1 Å². The van der Waals surface area contributed by atoms with Crippen LogP contribution in [0.25, 0.3) is 10.9 Å². The molecule has 0 saturated heterocycles. The number of carbonyl (C=O) groups excluding carboxylic acids is 2. The van der Waals surface area contributed by atoms with Gasteiger partial charge in [0, 0.05) is 17.7 Å². The van der Waals surface area contributed by atoms with Crippen LogP contribution in [-0.2, 0) is 4.74 Å². The van der Waals surface area contributed by atoms with Crippen molar-refractivity contribution in [1.82, 2.24) is 4.57 Å². The summed E-state index contributed by atoms with van der Waals surface area (Å²) in [6.45, 7) is 2.38. The van der Waals surface area contributed by atoms with E-state index in [4.69, 9.17) is 4.74 Å². The molecule has 1 heterocycles. The highest BCUT2D eigenvalue weighted by molar-refractivity contribution is 6.14. The van der Waals surface area contributed by atoms with Gasteiger partial charge in [-0.25, -0.2) is 13.8 Å². The lowest BCUT2D eigenvalue weighted by Crippen LogP contribution is -2.19. The molecular formula is C27H33FN2O4. The first-order valence-corrected chi connectivity index (χ1v) is 12.0. The Kier molecular flexibility index (Phi) is 9.64. The number of hydrogen-bond acceptors (Lipinski definition) is 4. The Morgan fingerprint density at radius 2 is 1.65 bits per heavy atom. The molecule has 0 fully saturated rings. The predicted octanol–water partition coefficient (Wildman–Crippen LogP) is 6.91. The highest BCUT2D eigenvalue weighted by Crippen LogP contribution is 2.32. The molecule has 0 spiro atoms. The van der Waals surface area contributed by atoms with Crippen molar-refractivity contribution >= 4 is 28.4 Å². The maximum absolute atomic E-state index is 14.0. The molecule has 2 aromatic carbocycles. The van der Waals surface area contributed by atoms with Gasteiger partial charge >= 0.3 is 6.03 Å². The second-order valence-electron chi connectivity index (χ2n) is 8.44. The Morgan fingerprint density at radius 1 is 0.971 bits per heavy atom. The number of ketones is 1. The Morgan fingerprint density at radius 3 is 2.35 bits per heavy atom. The van der Waals surface area contributed by atoms with E-state index < -0.39 is 23.5 Å². The highest BCUT2D eigenvalue weighted by Gasteiger charge is 2.26. The third kappa shape index (κ3) is 6.67. The average Bonchev–Trinajstić information content (AvgIpc) is 3.11. The molecule has 0 aliphatic carbocycles. The molecule has 0 bridgehead atoms. The van der Waals surface area contributed by atoms with Crippen LogP contribution < -0.4 is 5.32 Å². The first-order valence-electron chi connectivity index (χ1n) is 12.0. The largest absolute Gasteiger partial charge is 0.494 e. The normalized spacial score (nSPS) is 11.1. The molecule has 0 unspecified atom stereocenters. The zero-order chi connectivity index (χ0) is 24.3. The second kappa shape index (κ2) is 12.9. The van der Waals surface area contributed by atoms with Crippen molar-refractivity contribution in [3.8, 4) is 5.88 Å². The summed E-state index contributed by atoms with van der Waals surface area (Å²) in [5.74, 6) is -1.60. The van der Waals surface area contributed by atoms with Crippen molar-refractivity contribution in [3.05, 3.63) is 59.9 Å². The van der Waals surface area contributed by atoms with E-state index in [-0.39, 0.29) is 23.1 Å². The number of nitrogens with one attached hydrogen (secondary N) is 1. The fraction of sp³-hybridized carbons (Fsp3) is 0.407. The number of carbonyl (C=O) groups is 2. The fourth-order valence-corrected chi connectivity index (χ4v) is 4.01. The van der Waals surface area contributed by atoms with Gasteiger partial charge in [-0.1, -0.05) is 70.1 Å². The first-order chi connectivity index (χ1) is 16.5. The molecule has 0 radical (unpaired) electrons. The van der Waals surface area contributed by atoms with Gasteiger partial charge in [-0.15, -0.1) is 0 Å². The minimum absolute atomic E-state index is 0.117. The average molecular weight is 469 g/mol. The number of rotatable bonds is 13. The van der Waals surface area contributed by atoms with E-state index in [2.05, 4.69) is 12.2 Å². The molecule has 3 aromatic rings. The fourth-order valence-electron chi connectivity index (χ4n) is 4.01. The van der Waals surface area contributed by atoms with Gasteiger partial charge < -0.3 is 15.2 Å². The van der Waals surface area contributed by atoms with E-state index in [0.717, 1.165) is 29.9 Å². The van der Waals surface area contributed by atoms with Crippen molar-refractivity contribution in [2.45, 2.75) is 58.3 Å². The summed E-state index contributed by atoms with van der Waals surface area (Å²) in [5.41, 5.74) is 0.643. The third-order valence-corrected chi connectivity index (χ3v) is 5.79. The van der Waals surface area contributed by atoms with Crippen LogP contribution in [0.15, 0.2) is 48.5 Å². The number of aromatic hydroxyl groups is 1. The molecule has 0 aliphatic rings. The zero-order valence-electron chi connectivity index (χ0n) is 19.7. The van der Waals surface area contributed by atoms with Gasteiger partial charge in [-0.3, -0.25) is 4.79 Å². The standard InChI is InChI=1S/C27H33FN2O4/c1-2-3-4-5-6-7-8-12-17-34-19-24(31)25-22-18-20(28)15-16-23(22)30(26(25)32)27(33)29-21-13-10-9-11-14-21/h9-11,13-16,18,32H,2-8,12,17,19H2,1H3,(H,29,33). The van der Waals surface area contributed by atoms with Crippen LogP contribution in [0.4, 0.5) is 14.9 Å². The minimum atomic E-state index is -0.654. The summed E-state index contributed by atoms with van der Waals surface area (Å²) in [5, 5.41) is 13.6. The number of aromatic nitrogens is 1. The quantitative estimate of drug-likeness (QED) is 0.211. The molecule has 0 aliphatic heterocycles. The van der Waals surface area contributed by atoms with Gasteiger partial charge in [0.15, 0.2) is 5.78 Å². The number of amides is 1. The van der Waals surface area contributed by atoms with Crippen LogP contribution in [0.2, 0.25) is 0 Å². The predicted molar refractivity (Wildman–Crippen MR) is 132 cm³/mol. The van der Waals surface area contributed by atoms with Crippen LogP contribution >= 0.6 is 0 Å². The highest BCUT2D eigenvalue weighted by atomic mass is 19.1. The second-order valence-corrected chi connectivity index (χ2v) is 8.44. The van der Waals surface area contributed by atoms with Crippen LogP contribution in [-0.4, -0.2) is 34.7 Å².